The molecule has 3 aromatic rings. The Morgan fingerprint density at radius 2 is 1.65 bits per heavy atom. The maximum Gasteiger partial charge on any atom is 0.343 e. The summed E-state index contributed by atoms with van der Waals surface area (Å²) < 4.78 is 5.29. The first kappa shape index (κ1) is 15.3. The maximum atomic E-state index is 12.0. The maximum absolute atomic E-state index is 12.0. The van der Waals surface area contributed by atoms with Crippen LogP contribution in [-0.2, 0) is 12.8 Å². The van der Waals surface area contributed by atoms with Gasteiger partial charge in [-0.15, -0.1) is 0 Å². The van der Waals surface area contributed by atoms with E-state index in [0.29, 0.717) is 23.0 Å². The second-order valence-electron chi connectivity index (χ2n) is 5.91. The summed E-state index contributed by atoms with van der Waals surface area (Å²) in [7, 11) is 0. The highest BCUT2D eigenvalue weighted by atomic mass is 16.4. The number of aryl methyl sites for hydroxylation is 2. The largest absolute Gasteiger partial charge is 0.507 e. The molecule has 0 saturated carbocycles. The Labute approximate surface area is 135 Å². The summed E-state index contributed by atoms with van der Waals surface area (Å²) in [6, 6.07) is 15.6. The lowest BCUT2D eigenvalue weighted by Gasteiger charge is -2.06. The zero-order valence-corrected chi connectivity index (χ0v) is 13.2. The Morgan fingerprint density at radius 1 is 0.957 bits per heavy atom. The summed E-state index contributed by atoms with van der Waals surface area (Å²) in [4.78, 5) is 12.0. The molecular weight excluding hydrogens is 288 g/mol. The lowest BCUT2D eigenvalue weighted by atomic mass is 10.0. The number of fused-ring (bicyclic) bond motifs is 1. The molecule has 0 fully saturated rings. The quantitative estimate of drug-likeness (QED) is 0.562. The summed E-state index contributed by atoms with van der Waals surface area (Å²) in [6.45, 7) is 2.07. The molecule has 0 aliphatic rings. The van der Waals surface area contributed by atoms with E-state index in [1.807, 2.05) is 6.07 Å². The number of aromatic hydroxyl groups is 1. The first-order chi connectivity index (χ1) is 11.1. The van der Waals surface area contributed by atoms with E-state index in [1.54, 1.807) is 18.2 Å². The van der Waals surface area contributed by atoms with Gasteiger partial charge >= 0.3 is 5.63 Å². The van der Waals surface area contributed by atoms with Crippen LogP contribution in [0.1, 0.15) is 29.5 Å². The summed E-state index contributed by atoms with van der Waals surface area (Å²) >= 11 is 0. The minimum absolute atomic E-state index is 0.0622. The Kier molecular flexibility index (Phi) is 4.47. The second kappa shape index (κ2) is 6.69. The van der Waals surface area contributed by atoms with Crippen molar-refractivity contribution in [2.45, 2.75) is 32.6 Å². The van der Waals surface area contributed by atoms with Crippen molar-refractivity contribution in [3.63, 3.8) is 0 Å². The molecule has 0 amide bonds. The van der Waals surface area contributed by atoms with E-state index in [2.05, 4.69) is 31.2 Å². The average molecular weight is 308 g/mol. The molecule has 0 aliphatic carbocycles. The normalized spacial score (nSPS) is 11.0. The minimum Gasteiger partial charge on any atom is -0.507 e. The molecule has 0 radical (unpaired) electrons. The Balaban J connectivity index is 1.67. The molecule has 0 bridgehead atoms. The predicted octanol–water partition coefficient (Wildman–Crippen LogP) is 4.37. The highest BCUT2D eigenvalue weighted by Crippen LogP contribution is 2.26. The van der Waals surface area contributed by atoms with E-state index < -0.39 is 5.63 Å². The van der Waals surface area contributed by atoms with E-state index in [9.17, 15) is 9.90 Å². The Bertz CT molecular complexity index is 860. The number of para-hydroxylation sites is 1. The van der Waals surface area contributed by atoms with Gasteiger partial charge in [-0.1, -0.05) is 42.0 Å². The van der Waals surface area contributed by atoms with Crippen molar-refractivity contribution in [3.8, 4) is 5.75 Å². The van der Waals surface area contributed by atoms with Crippen LogP contribution in [0.5, 0.6) is 5.75 Å². The monoisotopic (exact) mass is 308 g/mol. The highest BCUT2D eigenvalue weighted by Gasteiger charge is 2.13. The molecule has 0 unspecified atom stereocenters. The standard InChI is InChI=1S/C20H20O3/c1-14-10-12-15(13-11-14)6-2-3-8-17-19(21)16-7-4-5-9-18(16)23-20(17)22/h4-5,7,9-13,21H,2-3,6,8H2,1H3. The molecule has 0 spiro atoms. The van der Waals surface area contributed by atoms with Crippen molar-refractivity contribution >= 4 is 11.0 Å². The van der Waals surface area contributed by atoms with Crippen LogP contribution < -0.4 is 5.63 Å². The van der Waals surface area contributed by atoms with Gasteiger partial charge < -0.3 is 9.52 Å². The van der Waals surface area contributed by atoms with Crippen LogP contribution in [0.15, 0.2) is 57.7 Å². The zero-order valence-electron chi connectivity index (χ0n) is 13.2. The minimum atomic E-state index is -0.434. The fourth-order valence-electron chi connectivity index (χ4n) is 2.78. The van der Waals surface area contributed by atoms with Gasteiger partial charge in [-0.2, -0.15) is 0 Å². The van der Waals surface area contributed by atoms with Gasteiger partial charge in [-0.05, 0) is 50.3 Å². The van der Waals surface area contributed by atoms with Crippen LogP contribution in [0.2, 0.25) is 0 Å². The third-order valence-corrected chi connectivity index (χ3v) is 4.14. The molecule has 1 N–H and O–H groups in total. The van der Waals surface area contributed by atoms with Crippen molar-refractivity contribution in [3.05, 3.63) is 75.6 Å². The third-order valence-electron chi connectivity index (χ3n) is 4.14. The molecule has 3 rings (SSSR count). The fourth-order valence-corrected chi connectivity index (χ4v) is 2.78. The first-order valence-electron chi connectivity index (χ1n) is 7.94. The van der Waals surface area contributed by atoms with Gasteiger partial charge in [0.2, 0.25) is 0 Å². The molecule has 23 heavy (non-hydrogen) atoms. The van der Waals surface area contributed by atoms with E-state index in [-0.39, 0.29) is 5.75 Å². The van der Waals surface area contributed by atoms with Gasteiger partial charge in [0.25, 0.3) is 0 Å². The number of hydrogen-bond donors (Lipinski definition) is 1. The summed E-state index contributed by atoms with van der Waals surface area (Å²) in [6.07, 6.45) is 3.31. The van der Waals surface area contributed by atoms with E-state index >= 15 is 0 Å². The molecule has 1 aromatic heterocycles. The Hall–Kier alpha value is -2.55. The molecular formula is C20H20O3. The molecule has 3 heteroatoms. The third kappa shape index (κ3) is 3.45. The molecule has 2 aromatic carbocycles. The van der Waals surface area contributed by atoms with Gasteiger partial charge in [-0.25, -0.2) is 4.79 Å². The highest BCUT2D eigenvalue weighted by molar-refractivity contribution is 5.83. The van der Waals surface area contributed by atoms with Gasteiger partial charge in [0.05, 0.1) is 10.9 Å². The lowest BCUT2D eigenvalue weighted by Crippen LogP contribution is -2.08. The van der Waals surface area contributed by atoms with E-state index in [0.717, 1.165) is 19.3 Å². The summed E-state index contributed by atoms with van der Waals surface area (Å²) in [5.41, 5.74) is 2.93. The SMILES string of the molecule is Cc1ccc(CCCCc2c(O)c3ccccc3oc2=O)cc1. The lowest BCUT2D eigenvalue weighted by molar-refractivity contribution is 0.454. The van der Waals surface area contributed by atoms with E-state index in [1.165, 1.54) is 11.1 Å². The van der Waals surface area contributed by atoms with Gasteiger partial charge in [-0.3, -0.25) is 0 Å². The fraction of sp³-hybridized carbons (Fsp3) is 0.250. The van der Waals surface area contributed by atoms with Crippen molar-refractivity contribution < 1.29 is 9.52 Å². The molecule has 118 valence electrons. The topological polar surface area (TPSA) is 50.4 Å². The Morgan fingerprint density at radius 3 is 2.43 bits per heavy atom. The van der Waals surface area contributed by atoms with Gasteiger partial charge in [0, 0.05) is 0 Å². The van der Waals surface area contributed by atoms with Crippen LogP contribution in [0.25, 0.3) is 11.0 Å². The van der Waals surface area contributed by atoms with Crippen LogP contribution in [0, 0.1) is 6.92 Å². The van der Waals surface area contributed by atoms with Crippen LogP contribution in [-0.4, -0.2) is 5.11 Å². The smallest absolute Gasteiger partial charge is 0.343 e. The van der Waals surface area contributed by atoms with Crippen LogP contribution in [0.4, 0.5) is 0 Å². The van der Waals surface area contributed by atoms with Crippen molar-refractivity contribution in [1.29, 1.82) is 0 Å². The summed E-state index contributed by atoms with van der Waals surface area (Å²) in [5.74, 6) is 0.0622. The van der Waals surface area contributed by atoms with Crippen molar-refractivity contribution in [2.24, 2.45) is 0 Å². The molecule has 3 nitrogen and oxygen atoms in total. The summed E-state index contributed by atoms with van der Waals surface area (Å²) in [5, 5.41) is 10.9. The number of hydrogen-bond acceptors (Lipinski definition) is 3. The van der Waals surface area contributed by atoms with Crippen molar-refractivity contribution in [2.75, 3.05) is 0 Å². The van der Waals surface area contributed by atoms with Gasteiger partial charge in [0.15, 0.2) is 0 Å². The zero-order chi connectivity index (χ0) is 16.2. The number of rotatable bonds is 5. The average Bonchev–Trinajstić information content (AvgIpc) is 2.55. The van der Waals surface area contributed by atoms with Crippen molar-refractivity contribution in [1.82, 2.24) is 0 Å². The van der Waals surface area contributed by atoms with Crippen LogP contribution in [0.3, 0.4) is 0 Å². The van der Waals surface area contributed by atoms with Crippen LogP contribution >= 0.6 is 0 Å². The molecule has 1 heterocycles. The number of benzene rings is 2. The van der Waals surface area contributed by atoms with E-state index in [4.69, 9.17) is 4.42 Å². The van der Waals surface area contributed by atoms with Gasteiger partial charge in [0.1, 0.15) is 11.3 Å². The second-order valence-corrected chi connectivity index (χ2v) is 5.91. The molecule has 0 aliphatic heterocycles. The molecule has 0 saturated heterocycles. The number of unbranched alkanes of at least 4 members (excludes halogenated alkanes) is 1. The predicted molar refractivity (Wildman–Crippen MR) is 92.0 cm³/mol. The molecule has 0 atom stereocenters. The first-order valence-corrected chi connectivity index (χ1v) is 7.94.